The van der Waals surface area contributed by atoms with E-state index in [0.717, 1.165) is 10.9 Å². The van der Waals surface area contributed by atoms with Gasteiger partial charge in [-0.3, -0.25) is 4.79 Å². The van der Waals surface area contributed by atoms with Crippen LogP contribution >= 0.6 is 15.9 Å². The maximum Gasteiger partial charge on any atom is 0.220 e. The molecular weight excluding hydrogens is 254 g/mol. The summed E-state index contributed by atoms with van der Waals surface area (Å²) < 4.78 is 1.11. The highest BCUT2D eigenvalue weighted by atomic mass is 79.9. The molecule has 0 aromatic rings. The molecule has 1 aliphatic carbocycles. The van der Waals surface area contributed by atoms with Gasteiger partial charge in [-0.2, -0.15) is 0 Å². The normalized spacial score (nSPS) is 21.1. The topological polar surface area (TPSA) is 29.1 Å². The van der Waals surface area contributed by atoms with Gasteiger partial charge in [-0.25, -0.2) is 0 Å². The Kier molecular flexibility index (Phi) is 4.14. The fourth-order valence-corrected chi connectivity index (χ4v) is 1.84. The highest BCUT2D eigenvalue weighted by Crippen LogP contribution is 2.22. The number of halogens is 1. The van der Waals surface area contributed by atoms with Gasteiger partial charge in [-0.05, 0) is 33.1 Å². The van der Waals surface area contributed by atoms with Crippen molar-refractivity contribution in [2.24, 2.45) is 5.92 Å². The zero-order valence-corrected chi connectivity index (χ0v) is 11.1. The Balaban J connectivity index is 2.38. The van der Waals surface area contributed by atoms with Crippen molar-refractivity contribution >= 4 is 21.8 Å². The molecule has 0 aromatic heterocycles. The van der Waals surface area contributed by atoms with Crippen molar-refractivity contribution in [3.05, 3.63) is 22.7 Å². The van der Waals surface area contributed by atoms with Gasteiger partial charge in [-0.15, -0.1) is 0 Å². The van der Waals surface area contributed by atoms with Crippen LogP contribution in [0.4, 0.5) is 0 Å². The van der Waals surface area contributed by atoms with Crippen LogP contribution in [0.15, 0.2) is 22.7 Å². The highest BCUT2D eigenvalue weighted by Gasteiger charge is 2.17. The zero-order valence-electron chi connectivity index (χ0n) is 9.51. The number of carbonyl (C=O) groups excluding carboxylic acids is 1. The number of hydrogen-bond acceptors (Lipinski definition) is 1. The Morgan fingerprint density at radius 2 is 2.27 bits per heavy atom. The van der Waals surface area contributed by atoms with Crippen molar-refractivity contribution in [3.8, 4) is 0 Å². The van der Waals surface area contributed by atoms with Gasteiger partial charge in [0.1, 0.15) is 0 Å². The number of rotatable bonds is 2. The van der Waals surface area contributed by atoms with Crippen LogP contribution in [0.1, 0.15) is 33.6 Å². The fraction of sp³-hybridized carbons (Fsp3) is 0.583. The predicted octanol–water partition coefficient (Wildman–Crippen LogP) is 3.15. The predicted molar refractivity (Wildman–Crippen MR) is 66.8 cm³/mol. The summed E-state index contributed by atoms with van der Waals surface area (Å²) in [6.45, 7) is 5.99. The van der Waals surface area contributed by atoms with Crippen LogP contribution < -0.4 is 5.32 Å². The summed E-state index contributed by atoms with van der Waals surface area (Å²) >= 11 is 3.40. The van der Waals surface area contributed by atoms with E-state index < -0.39 is 0 Å². The van der Waals surface area contributed by atoms with Crippen molar-refractivity contribution < 1.29 is 4.79 Å². The molecule has 0 fully saturated rings. The lowest BCUT2D eigenvalue weighted by Crippen LogP contribution is -2.41. The van der Waals surface area contributed by atoms with Gasteiger partial charge < -0.3 is 5.32 Å². The van der Waals surface area contributed by atoms with Gasteiger partial charge in [0, 0.05) is 16.4 Å². The Hall–Kier alpha value is -0.570. The van der Waals surface area contributed by atoms with Gasteiger partial charge in [-0.1, -0.05) is 34.2 Å². The SMILES string of the molecule is CC(C)(C)NC(=O)CC1C=CC(Br)=CC1. The average Bonchev–Trinajstić information content (AvgIpc) is 2.05. The molecule has 0 saturated heterocycles. The second kappa shape index (κ2) is 4.97. The van der Waals surface area contributed by atoms with Crippen LogP contribution in [0.2, 0.25) is 0 Å². The molecule has 2 nitrogen and oxygen atoms in total. The van der Waals surface area contributed by atoms with Gasteiger partial charge in [0.25, 0.3) is 0 Å². The molecule has 3 heteroatoms. The number of allylic oxidation sites excluding steroid dienone is 4. The first kappa shape index (κ1) is 12.5. The third kappa shape index (κ3) is 5.17. The van der Waals surface area contributed by atoms with E-state index in [4.69, 9.17) is 0 Å². The van der Waals surface area contributed by atoms with Crippen LogP contribution in [0, 0.1) is 5.92 Å². The van der Waals surface area contributed by atoms with E-state index in [0.29, 0.717) is 12.3 Å². The Labute approximate surface area is 99.9 Å². The minimum atomic E-state index is -0.133. The Bertz CT molecular complexity index is 299. The molecule has 0 radical (unpaired) electrons. The van der Waals surface area contributed by atoms with E-state index in [1.165, 1.54) is 0 Å². The number of amides is 1. The lowest BCUT2D eigenvalue weighted by molar-refractivity contribution is -0.123. The molecular formula is C12H18BrNO. The summed E-state index contributed by atoms with van der Waals surface area (Å²) in [5.41, 5.74) is -0.133. The summed E-state index contributed by atoms with van der Waals surface area (Å²) in [4.78, 5) is 11.6. The minimum Gasteiger partial charge on any atom is -0.351 e. The molecule has 1 aliphatic rings. The van der Waals surface area contributed by atoms with Crippen LogP contribution in [0.25, 0.3) is 0 Å². The van der Waals surface area contributed by atoms with Gasteiger partial charge >= 0.3 is 0 Å². The smallest absolute Gasteiger partial charge is 0.220 e. The minimum absolute atomic E-state index is 0.128. The largest absolute Gasteiger partial charge is 0.351 e. The molecule has 1 atom stereocenters. The molecule has 0 aromatic carbocycles. The van der Waals surface area contributed by atoms with Gasteiger partial charge in [0.05, 0.1) is 0 Å². The molecule has 1 amide bonds. The molecule has 0 heterocycles. The third-order valence-corrected chi connectivity index (χ3v) is 2.69. The monoisotopic (exact) mass is 271 g/mol. The van der Waals surface area contributed by atoms with E-state index in [1.807, 2.05) is 26.8 Å². The Morgan fingerprint density at radius 3 is 2.73 bits per heavy atom. The molecule has 0 saturated carbocycles. The summed E-state index contributed by atoms with van der Waals surface area (Å²) in [6.07, 6.45) is 7.72. The van der Waals surface area contributed by atoms with Crippen LogP contribution in [0.5, 0.6) is 0 Å². The van der Waals surface area contributed by atoms with E-state index in [1.54, 1.807) is 0 Å². The standard InChI is InChI=1S/C12H18BrNO/c1-12(2,3)14-11(15)8-9-4-6-10(13)7-5-9/h4,6-7,9H,5,8H2,1-3H3,(H,14,15). The highest BCUT2D eigenvalue weighted by molar-refractivity contribution is 9.11. The van der Waals surface area contributed by atoms with E-state index in [2.05, 4.69) is 33.4 Å². The Morgan fingerprint density at radius 1 is 1.60 bits per heavy atom. The molecule has 0 spiro atoms. The molecule has 15 heavy (non-hydrogen) atoms. The summed E-state index contributed by atoms with van der Waals surface area (Å²) in [6, 6.07) is 0. The second-order valence-corrected chi connectivity index (χ2v) is 5.86. The molecule has 1 N–H and O–H groups in total. The lowest BCUT2D eigenvalue weighted by Gasteiger charge is -2.22. The van der Waals surface area contributed by atoms with E-state index >= 15 is 0 Å². The van der Waals surface area contributed by atoms with Crippen LogP contribution in [0.3, 0.4) is 0 Å². The first-order chi connectivity index (χ1) is 6.87. The van der Waals surface area contributed by atoms with Gasteiger partial charge in [0.2, 0.25) is 5.91 Å². The summed E-state index contributed by atoms with van der Waals surface area (Å²) in [5.74, 6) is 0.470. The summed E-state index contributed by atoms with van der Waals surface area (Å²) in [5, 5.41) is 2.97. The number of carbonyl (C=O) groups is 1. The molecule has 84 valence electrons. The molecule has 0 bridgehead atoms. The zero-order chi connectivity index (χ0) is 11.5. The third-order valence-electron chi connectivity index (χ3n) is 2.11. The molecule has 0 aliphatic heterocycles. The number of nitrogens with one attached hydrogen (secondary N) is 1. The van der Waals surface area contributed by atoms with Crippen molar-refractivity contribution in [2.45, 2.75) is 39.2 Å². The maximum absolute atomic E-state index is 11.6. The van der Waals surface area contributed by atoms with Crippen molar-refractivity contribution in [3.63, 3.8) is 0 Å². The molecule has 1 rings (SSSR count). The number of hydrogen-bond donors (Lipinski definition) is 1. The van der Waals surface area contributed by atoms with E-state index in [9.17, 15) is 4.79 Å². The summed E-state index contributed by atoms with van der Waals surface area (Å²) in [7, 11) is 0. The van der Waals surface area contributed by atoms with Crippen molar-refractivity contribution in [1.29, 1.82) is 0 Å². The quantitative estimate of drug-likeness (QED) is 0.822. The maximum atomic E-state index is 11.6. The lowest BCUT2D eigenvalue weighted by atomic mass is 9.96. The average molecular weight is 272 g/mol. The second-order valence-electron chi connectivity index (χ2n) is 4.95. The first-order valence-corrected chi connectivity index (χ1v) is 6.01. The molecule has 1 unspecified atom stereocenters. The van der Waals surface area contributed by atoms with Gasteiger partial charge in [0.15, 0.2) is 0 Å². The van der Waals surface area contributed by atoms with Crippen LogP contribution in [-0.4, -0.2) is 11.4 Å². The fourth-order valence-electron chi connectivity index (χ4n) is 1.50. The van der Waals surface area contributed by atoms with Crippen LogP contribution in [-0.2, 0) is 4.79 Å². The van der Waals surface area contributed by atoms with Crippen molar-refractivity contribution in [2.75, 3.05) is 0 Å². The van der Waals surface area contributed by atoms with Crippen molar-refractivity contribution in [1.82, 2.24) is 5.32 Å². The van der Waals surface area contributed by atoms with E-state index in [-0.39, 0.29) is 11.4 Å². The first-order valence-electron chi connectivity index (χ1n) is 5.22.